The van der Waals surface area contributed by atoms with Gasteiger partial charge in [0.1, 0.15) is 0 Å². The Morgan fingerprint density at radius 1 is 1.42 bits per heavy atom. The van der Waals surface area contributed by atoms with Crippen molar-refractivity contribution >= 4 is 16.9 Å². The number of nitriles is 1. The molecule has 1 saturated heterocycles. The van der Waals surface area contributed by atoms with Gasteiger partial charge in [0, 0.05) is 13.6 Å². The number of piperidine rings is 1. The maximum absolute atomic E-state index is 9.03. The predicted molar refractivity (Wildman–Crippen MR) is 94.0 cm³/mol. The molecule has 8 heteroatoms. The van der Waals surface area contributed by atoms with Crippen LogP contribution in [0.1, 0.15) is 36.7 Å². The van der Waals surface area contributed by atoms with Crippen LogP contribution in [0.4, 0.5) is 0 Å². The Balaban J connectivity index is 1.89. The summed E-state index contributed by atoms with van der Waals surface area (Å²) in [6, 6.07) is 9.42. The molecule has 1 unspecified atom stereocenters. The van der Waals surface area contributed by atoms with Crippen LogP contribution in [0, 0.1) is 11.3 Å². The lowest BCUT2D eigenvalue weighted by molar-refractivity contribution is 0.239. The summed E-state index contributed by atoms with van der Waals surface area (Å²) in [4.78, 5) is 8.14. The minimum atomic E-state index is 0.0952. The van der Waals surface area contributed by atoms with Gasteiger partial charge >= 0.3 is 0 Å². The summed E-state index contributed by atoms with van der Waals surface area (Å²) >= 11 is 1.64. The van der Waals surface area contributed by atoms with E-state index in [0.717, 1.165) is 36.7 Å². The molecule has 0 radical (unpaired) electrons. The molecule has 24 heavy (non-hydrogen) atoms. The molecule has 1 aliphatic rings. The first kappa shape index (κ1) is 16.5. The first-order valence-electron chi connectivity index (χ1n) is 7.84. The summed E-state index contributed by atoms with van der Waals surface area (Å²) in [6.07, 6.45) is 5.31. The number of hydrogen-bond acceptors (Lipinski definition) is 6. The molecule has 1 aliphatic heterocycles. The van der Waals surface area contributed by atoms with E-state index in [4.69, 9.17) is 5.26 Å². The second-order valence-corrected chi connectivity index (χ2v) is 6.29. The molecule has 0 saturated carbocycles. The number of tetrazole rings is 1. The number of aliphatic imine (C=N–C) groups is 1. The van der Waals surface area contributed by atoms with Gasteiger partial charge in [-0.05, 0) is 48.9 Å². The molecule has 0 aliphatic carbocycles. The monoisotopic (exact) mass is 341 g/mol. The summed E-state index contributed by atoms with van der Waals surface area (Å²) < 4.78 is 0. The van der Waals surface area contributed by atoms with E-state index in [1.807, 2.05) is 25.4 Å². The summed E-state index contributed by atoms with van der Waals surface area (Å²) in [5.74, 6) is 0.701. The van der Waals surface area contributed by atoms with Crippen molar-refractivity contribution in [2.24, 2.45) is 4.99 Å². The van der Waals surface area contributed by atoms with Crippen molar-refractivity contribution in [2.45, 2.75) is 25.3 Å². The zero-order valence-electron chi connectivity index (χ0n) is 13.8. The van der Waals surface area contributed by atoms with Crippen LogP contribution in [0.3, 0.4) is 0 Å². The van der Waals surface area contributed by atoms with Gasteiger partial charge in [0.05, 0.1) is 23.4 Å². The van der Waals surface area contributed by atoms with E-state index >= 15 is 0 Å². The van der Waals surface area contributed by atoms with Crippen LogP contribution in [-0.2, 0) is 0 Å². The van der Waals surface area contributed by atoms with Gasteiger partial charge in [-0.15, -0.1) is 15.0 Å². The molecule has 1 atom stereocenters. The smallest absolute Gasteiger partial charge is 0.197 e. The van der Waals surface area contributed by atoms with E-state index in [1.54, 1.807) is 23.9 Å². The maximum Gasteiger partial charge on any atom is 0.197 e. The predicted octanol–water partition coefficient (Wildman–Crippen LogP) is 2.41. The Morgan fingerprint density at radius 3 is 3.04 bits per heavy atom. The summed E-state index contributed by atoms with van der Waals surface area (Å²) in [5, 5.41) is 23.0. The Labute approximate surface area is 145 Å². The molecular weight excluding hydrogens is 322 g/mol. The summed E-state index contributed by atoms with van der Waals surface area (Å²) in [5.41, 5.74) is 1.32. The molecule has 1 fully saturated rings. The molecule has 2 aromatic rings. The first-order chi connectivity index (χ1) is 11.8. The molecular formula is C16H19N7S. The van der Waals surface area contributed by atoms with E-state index < -0.39 is 0 Å². The van der Waals surface area contributed by atoms with Crippen molar-refractivity contribution in [3.63, 3.8) is 0 Å². The van der Waals surface area contributed by atoms with Crippen molar-refractivity contribution < 1.29 is 0 Å². The Morgan fingerprint density at radius 2 is 2.29 bits per heavy atom. The number of thioether (sulfide) groups is 1. The number of benzene rings is 1. The average Bonchev–Trinajstić information content (AvgIpc) is 3.13. The third kappa shape index (κ3) is 3.26. The fraction of sp³-hybridized carbons (Fsp3) is 0.438. The minimum Gasteiger partial charge on any atom is -0.341 e. The fourth-order valence-electron chi connectivity index (χ4n) is 2.93. The van der Waals surface area contributed by atoms with Crippen molar-refractivity contribution in [2.75, 3.05) is 19.8 Å². The average molecular weight is 341 g/mol. The first-order valence-corrected chi connectivity index (χ1v) is 9.07. The SMILES string of the molecule is CN=C(SC)N1CCCCC1c1nnn(-c2cccc(C#N)c2)n1. The van der Waals surface area contributed by atoms with Crippen LogP contribution >= 0.6 is 11.8 Å². The molecule has 2 heterocycles. The normalized spacial score (nSPS) is 18.5. The van der Waals surface area contributed by atoms with Crippen LogP contribution in [-0.4, -0.2) is 50.1 Å². The van der Waals surface area contributed by atoms with Gasteiger partial charge in [-0.25, -0.2) is 0 Å². The zero-order chi connectivity index (χ0) is 16.9. The Bertz CT molecular complexity index is 777. The van der Waals surface area contributed by atoms with E-state index in [-0.39, 0.29) is 6.04 Å². The quantitative estimate of drug-likeness (QED) is 0.616. The van der Waals surface area contributed by atoms with Crippen LogP contribution in [0.25, 0.3) is 5.69 Å². The Hall–Kier alpha value is -2.40. The molecule has 0 N–H and O–H groups in total. The second kappa shape index (κ2) is 7.45. The van der Waals surface area contributed by atoms with Crippen molar-refractivity contribution in [1.82, 2.24) is 25.1 Å². The standard InChI is InChI=1S/C16H19N7S/c1-18-16(24-2)22-9-4-3-8-14(22)15-19-21-23(20-15)13-7-5-6-12(10-13)11-17/h5-7,10,14H,3-4,8-9H2,1-2H3. The second-order valence-electron chi connectivity index (χ2n) is 5.51. The fourth-order valence-corrected chi connectivity index (χ4v) is 3.57. The number of hydrogen-bond donors (Lipinski definition) is 0. The lowest BCUT2D eigenvalue weighted by atomic mass is 10.0. The molecule has 1 aromatic heterocycles. The molecule has 3 rings (SSSR count). The molecule has 1 aromatic carbocycles. The van der Waals surface area contributed by atoms with Gasteiger partial charge in [0.2, 0.25) is 0 Å². The summed E-state index contributed by atoms with van der Waals surface area (Å²) in [7, 11) is 1.81. The number of aromatic nitrogens is 4. The van der Waals surface area contributed by atoms with E-state index in [0.29, 0.717) is 11.4 Å². The van der Waals surface area contributed by atoms with Crippen LogP contribution in [0.2, 0.25) is 0 Å². The number of likely N-dealkylation sites (tertiary alicyclic amines) is 1. The lowest BCUT2D eigenvalue weighted by Crippen LogP contribution is -2.37. The van der Waals surface area contributed by atoms with Gasteiger partial charge in [0.25, 0.3) is 0 Å². The third-order valence-corrected chi connectivity index (χ3v) is 4.84. The highest BCUT2D eigenvalue weighted by molar-refractivity contribution is 8.13. The van der Waals surface area contributed by atoms with Crippen LogP contribution in [0.5, 0.6) is 0 Å². The Kier molecular flexibility index (Phi) is 5.11. The van der Waals surface area contributed by atoms with Gasteiger partial charge < -0.3 is 4.90 Å². The highest BCUT2D eigenvalue weighted by Crippen LogP contribution is 2.30. The third-order valence-electron chi connectivity index (χ3n) is 4.06. The molecule has 7 nitrogen and oxygen atoms in total. The van der Waals surface area contributed by atoms with Crippen LogP contribution < -0.4 is 0 Å². The molecule has 0 spiro atoms. The van der Waals surface area contributed by atoms with Gasteiger partial charge in [0.15, 0.2) is 11.0 Å². The van der Waals surface area contributed by atoms with Crippen molar-refractivity contribution in [3.05, 3.63) is 35.7 Å². The topological polar surface area (TPSA) is 83.0 Å². The van der Waals surface area contributed by atoms with E-state index in [2.05, 4.69) is 31.4 Å². The minimum absolute atomic E-state index is 0.0952. The van der Waals surface area contributed by atoms with E-state index in [1.165, 1.54) is 4.80 Å². The maximum atomic E-state index is 9.03. The molecule has 0 bridgehead atoms. The van der Waals surface area contributed by atoms with E-state index in [9.17, 15) is 0 Å². The van der Waals surface area contributed by atoms with Crippen molar-refractivity contribution in [3.8, 4) is 11.8 Å². The van der Waals surface area contributed by atoms with Gasteiger partial charge in [-0.3, -0.25) is 4.99 Å². The number of rotatable bonds is 2. The highest BCUT2D eigenvalue weighted by atomic mass is 32.2. The molecule has 124 valence electrons. The molecule has 0 amide bonds. The van der Waals surface area contributed by atoms with Gasteiger partial charge in [-0.2, -0.15) is 5.26 Å². The number of nitrogens with zero attached hydrogens (tertiary/aromatic N) is 7. The van der Waals surface area contributed by atoms with Gasteiger partial charge in [-0.1, -0.05) is 17.8 Å². The lowest BCUT2D eigenvalue weighted by Gasteiger charge is -2.35. The zero-order valence-corrected chi connectivity index (χ0v) is 14.6. The number of amidine groups is 1. The largest absolute Gasteiger partial charge is 0.341 e. The van der Waals surface area contributed by atoms with Crippen LogP contribution in [0.15, 0.2) is 29.3 Å². The highest BCUT2D eigenvalue weighted by Gasteiger charge is 2.29. The van der Waals surface area contributed by atoms with Crippen molar-refractivity contribution in [1.29, 1.82) is 5.26 Å². The summed E-state index contributed by atoms with van der Waals surface area (Å²) in [6.45, 7) is 0.955.